The molecule has 0 radical (unpaired) electrons. The first kappa shape index (κ1) is 27.5. The van der Waals surface area contributed by atoms with E-state index in [-0.39, 0.29) is 45.9 Å². The van der Waals surface area contributed by atoms with Gasteiger partial charge in [-0.25, -0.2) is 9.78 Å². The van der Waals surface area contributed by atoms with Crippen LogP contribution in [-0.2, 0) is 35.4 Å². The monoisotopic (exact) mass is 580 g/mol. The number of thiazole rings is 1. The smallest absolute Gasteiger partial charge is 0.352 e. The van der Waals surface area contributed by atoms with Crippen molar-refractivity contribution in [1.29, 1.82) is 0 Å². The molecule has 2 amide bonds. The lowest BCUT2D eigenvalue weighted by molar-refractivity contribution is -0.150. The van der Waals surface area contributed by atoms with Gasteiger partial charge in [-0.05, 0) is 0 Å². The van der Waals surface area contributed by atoms with Crippen molar-refractivity contribution in [3.8, 4) is 5.75 Å². The Hall–Kier alpha value is -4.58. The molecule has 4 heterocycles. The van der Waals surface area contributed by atoms with Crippen molar-refractivity contribution in [2.75, 3.05) is 18.1 Å². The number of nitrogens with one attached hydrogen (secondary N) is 1. The number of hydrogen-bond acceptors (Lipinski definition) is 14. The Kier molecular flexibility index (Phi) is 7.77. The predicted molar refractivity (Wildman–Crippen MR) is 134 cm³/mol. The second-order valence-electron chi connectivity index (χ2n) is 8.04. The normalized spacial score (nSPS) is 18.7. The summed E-state index contributed by atoms with van der Waals surface area (Å²) in [6.07, 6.45) is 0.757. The van der Waals surface area contributed by atoms with Crippen LogP contribution in [0.2, 0.25) is 0 Å². The third-order valence-electron chi connectivity index (χ3n) is 5.42. The molecule has 2 aromatic rings. The first-order valence-electron chi connectivity index (χ1n) is 10.9. The number of nitrogens with zero attached hydrogens (tertiary/aromatic N) is 4. The first-order valence-corrected chi connectivity index (χ1v) is 12.8. The van der Waals surface area contributed by atoms with E-state index in [9.17, 15) is 39.4 Å². The molecule has 1 saturated heterocycles. The van der Waals surface area contributed by atoms with Crippen molar-refractivity contribution >= 4 is 57.7 Å². The fraction of sp³-hybridized carbons (Fsp3) is 0.286. The van der Waals surface area contributed by atoms with Crippen molar-refractivity contribution in [3.05, 3.63) is 50.5 Å². The minimum Gasteiger partial charge on any atom is -0.503 e. The Morgan fingerprint density at radius 3 is 2.69 bits per heavy atom. The first-order chi connectivity index (χ1) is 18.5. The lowest BCUT2D eigenvalue weighted by Crippen LogP contribution is -2.71. The van der Waals surface area contributed by atoms with Crippen LogP contribution in [-0.4, -0.2) is 83.3 Å². The second kappa shape index (κ2) is 11.0. The summed E-state index contributed by atoms with van der Waals surface area (Å²) in [6, 6.07) is -0.218. The molecule has 0 bridgehead atoms. The highest BCUT2D eigenvalue weighted by Crippen LogP contribution is 2.40. The van der Waals surface area contributed by atoms with Gasteiger partial charge in [-0.3, -0.25) is 24.1 Å². The molecule has 0 aromatic carbocycles. The number of pyridine rings is 1. The van der Waals surface area contributed by atoms with E-state index >= 15 is 0 Å². The van der Waals surface area contributed by atoms with Crippen molar-refractivity contribution in [2.45, 2.75) is 24.9 Å². The molecular weight excluding hydrogens is 560 g/mol. The van der Waals surface area contributed by atoms with Gasteiger partial charge in [0, 0.05) is 29.7 Å². The van der Waals surface area contributed by atoms with E-state index in [0.717, 1.165) is 28.5 Å². The van der Waals surface area contributed by atoms with Gasteiger partial charge in [-0.15, -0.1) is 23.1 Å². The molecule has 2 atom stereocenters. The minimum absolute atomic E-state index is 0.0109. The van der Waals surface area contributed by atoms with Crippen LogP contribution in [0.25, 0.3) is 0 Å². The van der Waals surface area contributed by atoms with E-state index in [0.29, 0.717) is 4.73 Å². The molecule has 0 aliphatic carbocycles. The van der Waals surface area contributed by atoms with Crippen LogP contribution in [0.3, 0.4) is 0 Å². The molecule has 39 heavy (non-hydrogen) atoms. The summed E-state index contributed by atoms with van der Waals surface area (Å²) in [7, 11) is 0. The number of carbonyl (C=O) groups excluding carboxylic acids is 3. The molecule has 0 spiro atoms. The van der Waals surface area contributed by atoms with Crippen molar-refractivity contribution in [3.63, 3.8) is 0 Å². The molecule has 206 valence electrons. The summed E-state index contributed by atoms with van der Waals surface area (Å²) in [6.45, 7) is 0.390. The van der Waals surface area contributed by atoms with Gasteiger partial charge in [-0.2, -0.15) is 4.73 Å². The van der Waals surface area contributed by atoms with Crippen LogP contribution in [0.1, 0.15) is 18.3 Å². The highest BCUT2D eigenvalue weighted by Gasteiger charge is 2.54. The molecule has 0 saturated carbocycles. The number of aromatic hydroxyl groups is 1. The summed E-state index contributed by atoms with van der Waals surface area (Å²) < 4.78 is 5.34. The maximum atomic E-state index is 13.1. The largest absolute Gasteiger partial charge is 0.503 e. The average molecular weight is 581 g/mol. The van der Waals surface area contributed by atoms with Crippen LogP contribution in [0.5, 0.6) is 5.75 Å². The fourth-order valence-electron chi connectivity index (χ4n) is 3.62. The zero-order valence-electron chi connectivity index (χ0n) is 19.9. The van der Waals surface area contributed by atoms with E-state index in [1.807, 2.05) is 0 Å². The van der Waals surface area contributed by atoms with E-state index in [4.69, 9.17) is 15.3 Å². The lowest BCUT2D eigenvalue weighted by Gasteiger charge is -2.49. The Morgan fingerprint density at radius 1 is 1.31 bits per heavy atom. The molecule has 6 N–H and O–H groups in total. The maximum Gasteiger partial charge on any atom is 0.352 e. The number of aromatic nitrogens is 2. The summed E-state index contributed by atoms with van der Waals surface area (Å²) in [5, 5.41) is 35.9. The summed E-state index contributed by atoms with van der Waals surface area (Å²) in [4.78, 5) is 70.8. The number of amides is 2. The standard InChI is InChI=1S/C21H20N6O10S2/c1-8(28)36-4-9-6-38-19-15(18(32)27(19)16(9)20(33)34)24-17(31)14(11-7-39-21(22)23-11)25-37-5-10-2-12(29)13(30)3-26(10)35/h2-3,7,15,19,30,35H,4-6H2,1H3,(H2,22,23)(H,24,31)(H,33,34)/t15-,19-/m1/s1. The summed E-state index contributed by atoms with van der Waals surface area (Å²) in [5.41, 5.74) is 4.34. The van der Waals surface area contributed by atoms with Crippen molar-refractivity contribution in [2.24, 2.45) is 5.16 Å². The quantitative estimate of drug-likeness (QED) is 0.0792. The number of ether oxygens (including phenoxy) is 1. The zero-order valence-corrected chi connectivity index (χ0v) is 21.5. The Bertz CT molecular complexity index is 1480. The van der Waals surface area contributed by atoms with Gasteiger partial charge in [0.25, 0.3) is 11.8 Å². The SMILES string of the molecule is CC(=O)OCC1=C(C(=O)O)N2C(=O)[C@@H](NC(=O)C(=NOCc3cc(=O)c(O)cn3O)c3csc(N)n3)[C@H]2SC1. The number of aliphatic carboxylic acids is 1. The third kappa shape index (κ3) is 5.65. The molecule has 2 aliphatic rings. The van der Waals surface area contributed by atoms with Gasteiger partial charge in [-0.1, -0.05) is 5.16 Å². The number of carboxylic acid groups (broad SMARTS) is 1. The molecule has 16 nitrogen and oxygen atoms in total. The van der Waals surface area contributed by atoms with Crippen LogP contribution >= 0.6 is 23.1 Å². The van der Waals surface area contributed by atoms with Crippen LogP contribution in [0, 0.1) is 0 Å². The van der Waals surface area contributed by atoms with Crippen molar-refractivity contribution < 1.29 is 44.2 Å². The maximum absolute atomic E-state index is 13.1. The number of carboxylic acids is 1. The Morgan fingerprint density at radius 2 is 2.05 bits per heavy atom. The number of rotatable bonds is 9. The van der Waals surface area contributed by atoms with Gasteiger partial charge in [0.2, 0.25) is 5.43 Å². The highest BCUT2D eigenvalue weighted by atomic mass is 32.2. The number of fused-ring (bicyclic) bond motifs is 1. The average Bonchev–Trinajstić information content (AvgIpc) is 3.31. The van der Waals surface area contributed by atoms with Crippen LogP contribution < -0.4 is 16.5 Å². The highest BCUT2D eigenvalue weighted by molar-refractivity contribution is 8.00. The Labute approximate surface area is 226 Å². The lowest BCUT2D eigenvalue weighted by atomic mass is 10.0. The number of anilines is 1. The summed E-state index contributed by atoms with van der Waals surface area (Å²) in [5.74, 6) is -4.14. The fourth-order valence-corrected chi connectivity index (χ4v) is 5.49. The molecule has 1 fully saturated rings. The molecule has 2 aromatic heterocycles. The van der Waals surface area contributed by atoms with Crippen LogP contribution in [0.4, 0.5) is 5.13 Å². The zero-order chi connectivity index (χ0) is 28.4. The number of carbonyl (C=O) groups is 4. The molecule has 4 rings (SSSR count). The summed E-state index contributed by atoms with van der Waals surface area (Å²) >= 11 is 2.18. The number of oxime groups is 1. The molecule has 2 aliphatic heterocycles. The van der Waals surface area contributed by atoms with Gasteiger partial charge in [0.15, 0.2) is 23.2 Å². The number of hydrogen-bond donors (Lipinski definition) is 5. The number of esters is 1. The molecule has 0 unspecified atom stereocenters. The second-order valence-corrected chi connectivity index (χ2v) is 10.0. The van der Waals surface area contributed by atoms with Gasteiger partial charge >= 0.3 is 11.9 Å². The topological polar surface area (TPSA) is 236 Å². The molecule has 18 heteroatoms. The van der Waals surface area contributed by atoms with E-state index < -0.39 is 53.0 Å². The van der Waals surface area contributed by atoms with Gasteiger partial charge in [0.05, 0.1) is 6.20 Å². The van der Waals surface area contributed by atoms with E-state index in [1.165, 1.54) is 24.1 Å². The third-order valence-corrected chi connectivity index (χ3v) is 7.44. The number of nitrogens with two attached hydrogens (primary N) is 1. The van der Waals surface area contributed by atoms with E-state index in [1.54, 1.807) is 0 Å². The number of nitrogen functional groups attached to an aromatic ring is 1. The predicted octanol–water partition coefficient (Wildman–Crippen LogP) is -0.947. The van der Waals surface area contributed by atoms with Gasteiger partial charge < -0.3 is 36.0 Å². The van der Waals surface area contributed by atoms with Crippen molar-refractivity contribution in [1.82, 2.24) is 19.9 Å². The van der Waals surface area contributed by atoms with Crippen LogP contribution in [0.15, 0.2) is 38.9 Å². The number of β-lactam (4-membered cyclic amide) rings is 1. The Balaban J connectivity index is 1.52. The number of thioether (sulfide) groups is 1. The van der Waals surface area contributed by atoms with Gasteiger partial charge in [0.1, 0.15) is 35.1 Å². The van der Waals surface area contributed by atoms with E-state index in [2.05, 4.69) is 15.5 Å². The minimum atomic E-state index is -1.38. The molecular formula is C21H20N6O10S2.